The van der Waals surface area contributed by atoms with E-state index in [0.717, 1.165) is 18.2 Å². The molecule has 0 aliphatic carbocycles. The molecule has 42 heavy (non-hydrogen) atoms. The number of carbonyl (C=O) groups is 1. The van der Waals surface area contributed by atoms with Gasteiger partial charge in [0.1, 0.15) is 41.3 Å². The van der Waals surface area contributed by atoms with Crippen LogP contribution in [0.25, 0.3) is 22.3 Å². The molecule has 5 aromatic rings. The van der Waals surface area contributed by atoms with E-state index in [4.69, 9.17) is 14.7 Å². The number of carboxylic acid groups (broad SMARTS) is 1. The van der Waals surface area contributed by atoms with E-state index in [9.17, 15) is 14.3 Å². The topological polar surface area (TPSA) is 123 Å². The highest BCUT2D eigenvalue weighted by atomic mass is 19.1. The zero-order valence-corrected chi connectivity index (χ0v) is 22.1. The standard InChI is InChI=1S/C30H22F3N5O4/c1-41-8-7-38-26-11-19(30(39)40)10-24(33)29(26)37-27(38)12-18-9-23(32)21(13-22(18)31)25-3-2-4-28(36-25)42-16-17-5-6-20(14-34)35-15-17/h2-6,9-11,13,15H,7-8,12,16H2,1H3,(H,39,40). The average Bonchev–Trinajstić information content (AvgIpc) is 3.34. The Morgan fingerprint density at radius 2 is 1.88 bits per heavy atom. The number of nitrogens with zero attached hydrogens (tertiary/aromatic N) is 5. The number of aromatic nitrogens is 4. The molecule has 0 saturated carbocycles. The third-order valence-electron chi connectivity index (χ3n) is 6.46. The maximum Gasteiger partial charge on any atom is 0.335 e. The Hall–Kier alpha value is -5.28. The fourth-order valence-electron chi connectivity index (χ4n) is 4.39. The van der Waals surface area contributed by atoms with Gasteiger partial charge >= 0.3 is 5.97 Å². The van der Waals surface area contributed by atoms with Crippen molar-refractivity contribution in [3.8, 4) is 23.2 Å². The number of methoxy groups -OCH3 is 1. The Bertz CT molecular complexity index is 1830. The Morgan fingerprint density at radius 1 is 1.05 bits per heavy atom. The number of halogens is 3. The van der Waals surface area contributed by atoms with E-state index in [2.05, 4.69) is 15.0 Å². The summed E-state index contributed by atoms with van der Waals surface area (Å²) in [5.74, 6) is -3.25. The van der Waals surface area contributed by atoms with Crippen molar-refractivity contribution < 1.29 is 32.5 Å². The van der Waals surface area contributed by atoms with E-state index >= 15 is 8.78 Å². The van der Waals surface area contributed by atoms with Crippen LogP contribution in [0.5, 0.6) is 5.88 Å². The number of rotatable bonds is 10. The molecule has 0 atom stereocenters. The van der Waals surface area contributed by atoms with Gasteiger partial charge in [-0.2, -0.15) is 5.26 Å². The molecular weight excluding hydrogens is 551 g/mol. The maximum atomic E-state index is 15.4. The van der Waals surface area contributed by atoms with Crippen molar-refractivity contribution in [1.82, 2.24) is 19.5 Å². The minimum atomic E-state index is -1.31. The fourth-order valence-corrected chi connectivity index (χ4v) is 4.39. The number of benzene rings is 2. The number of imidazole rings is 1. The lowest BCUT2D eigenvalue weighted by atomic mass is 10.0. The highest BCUT2D eigenvalue weighted by Crippen LogP contribution is 2.29. The summed E-state index contributed by atoms with van der Waals surface area (Å²) in [6, 6.07) is 14.1. The largest absolute Gasteiger partial charge is 0.478 e. The summed E-state index contributed by atoms with van der Waals surface area (Å²) < 4.78 is 57.7. The number of hydrogen-bond donors (Lipinski definition) is 1. The first-order chi connectivity index (χ1) is 20.3. The van der Waals surface area contributed by atoms with Crippen LogP contribution in [-0.4, -0.2) is 44.3 Å². The van der Waals surface area contributed by atoms with E-state index in [-0.39, 0.29) is 77.0 Å². The lowest BCUT2D eigenvalue weighted by molar-refractivity contribution is 0.0696. The van der Waals surface area contributed by atoms with Gasteiger partial charge in [0, 0.05) is 43.5 Å². The van der Waals surface area contributed by atoms with Gasteiger partial charge in [0.05, 0.1) is 23.4 Å². The van der Waals surface area contributed by atoms with E-state index < -0.39 is 23.4 Å². The number of pyridine rings is 2. The maximum absolute atomic E-state index is 15.4. The third kappa shape index (κ3) is 5.91. The SMILES string of the molecule is COCCn1c(Cc2cc(F)c(-c3cccc(OCc4ccc(C#N)nc4)n3)cc2F)nc2c(F)cc(C(=O)O)cc21. The summed E-state index contributed by atoms with van der Waals surface area (Å²) in [6.45, 7) is 0.477. The minimum absolute atomic E-state index is 0.0372. The minimum Gasteiger partial charge on any atom is -0.478 e. The lowest BCUT2D eigenvalue weighted by Crippen LogP contribution is -2.10. The van der Waals surface area contributed by atoms with Gasteiger partial charge in [-0.1, -0.05) is 12.1 Å². The number of fused-ring (bicyclic) bond motifs is 1. The summed E-state index contributed by atoms with van der Waals surface area (Å²) in [4.78, 5) is 24.0. The molecule has 212 valence electrons. The van der Waals surface area contributed by atoms with Gasteiger partial charge in [-0.25, -0.2) is 32.9 Å². The molecule has 1 N–H and O–H groups in total. The zero-order valence-electron chi connectivity index (χ0n) is 22.1. The second-order valence-electron chi connectivity index (χ2n) is 9.22. The number of carboxylic acids is 1. The van der Waals surface area contributed by atoms with Crippen LogP contribution in [0.4, 0.5) is 13.2 Å². The lowest BCUT2D eigenvalue weighted by Gasteiger charge is -2.12. The molecule has 0 aliphatic heterocycles. The smallest absolute Gasteiger partial charge is 0.335 e. The van der Waals surface area contributed by atoms with Gasteiger partial charge in [-0.15, -0.1) is 0 Å². The second kappa shape index (κ2) is 12.1. The van der Waals surface area contributed by atoms with Crippen molar-refractivity contribution in [2.75, 3.05) is 13.7 Å². The van der Waals surface area contributed by atoms with Crippen molar-refractivity contribution in [2.45, 2.75) is 19.6 Å². The summed E-state index contributed by atoms with van der Waals surface area (Å²) >= 11 is 0. The van der Waals surface area contributed by atoms with Gasteiger partial charge in [-0.3, -0.25) is 0 Å². The van der Waals surface area contributed by atoms with Gasteiger partial charge < -0.3 is 19.1 Å². The number of hydrogen-bond acceptors (Lipinski definition) is 7. The van der Waals surface area contributed by atoms with Crippen LogP contribution >= 0.6 is 0 Å². The first-order valence-corrected chi connectivity index (χ1v) is 12.6. The third-order valence-corrected chi connectivity index (χ3v) is 6.46. The van der Waals surface area contributed by atoms with Gasteiger partial charge in [0.15, 0.2) is 5.82 Å². The molecule has 0 saturated heterocycles. The first-order valence-electron chi connectivity index (χ1n) is 12.6. The van der Waals surface area contributed by atoms with Crippen LogP contribution < -0.4 is 4.74 Å². The molecule has 12 heteroatoms. The van der Waals surface area contributed by atoms with Crippen LogP contribution in [0.1, 0.15) is 33.0 Å². The molecule has 0 aliphatic rings. The Kier molecular flexibility index (Phi) is 8.12. The molecule has 0 unspecified atom stereocenters. The normalized spacial score (nSPS) is 11.0. The molecule has 3 heterocycles. The van der Waals surface area contributed by atoms with Crippen LogP contribution in [0.15, 0.2) is 60.8 Å². The molecule has 0 radical (unpaired) electrons. The summed E-state index contributed by atoms with van der Waals surface area (Å²) in [6.07, 6.45) is 1.30. The van der Waals surface area contributed by atoms with Crippen LogP contribution in [0.3, 0.4) is 0 Å². The van der Waals surface area contributed by atoms with E-state index in [1.807, 2.05) is 6.07 Å². The van der Waals surface area contributed by atoms with Crippen LogP contribution in [0.2, 0.25) is 0 Å². The summed E-state index contributed by atoms with van der Waals surface area (Å²) in [5.41, 5.74) is 0.834. The number of nitriles is 1. The molecule has 0 fully saturated rings. The van der Waals surface area contributed by atoms with Crippen molar-refractivity contribution in [3.05, 3.63) is 106 Å². The Morgan fingerprint density at radius 3 is 2.60 bits per heavy atom. The molecule has 3 aromatic heterocycles. The van der Waals surface area contributed by atoms with Crippen LogP contribution in [-0.2, 0) is 24.3 Å². The molecule has 0 bridgehead atoms. The second-order valence-corrected chi connectivity index (χ2v) is 9.22. The van der Waals surface area contributed by atoms with Gasteiger partial charge in [0.25, 0.3) is 0 Å². The van der Waals surface area contributed by atoms with Crippen molar-refractivity contribution in [1.29, 1.82) is 5.26 Å². The predicted molar refractivity (Wildman–Crippen MR) is 144 cm³/mol. The van der Waals surface area contributed by atoms with E-state index in [1.165, 1.54) is 30.0 Å². The summed E-state index contributed by atoms with van der Waals surface area (Å²) in [5, 5.41) is 18.2. The summed E-state index contributed by atoms with van der Waals surface area (Å²) in [7, 11) is 1.47. The zero-order chi connectivity index (χ0) is 29.8. The van der Waals surface area contributed by atoms with Gasteiger partial charge in [0.2, 0.25) is 5.88 Å². The average molecular weight is 574 g/mol. The monoisotopic (exact) mass is 573 g/mol. The molecule has 0 spiro atoms. The van der Waals surface area contributed by atoms with Crippen molar-refractivity contribution in [2.24, 2.45) is 0 Å². The van der Waals surface area contributed by atoms with Crippen LogP contribution in [0, 0.1) is 28.8 Å². The molecule has 0 amide bonds. The predicted octanol–water partition coefficient (Wildman–Crippen LogP) is 5.30. The first kappa shape index (κ1) is 28.3. The molecule has 2 aromatic carbocycles. The highest BCUT2D eigenvalue weighted by molar-refractivity contribution is 5.92. The Balaban J connectivity index is 1.42. The fraction of sp³-hybridized carbons (Fsp3) is 0.167. The Labute approximate surface area is 237 Å². The van der Waals surface area contributed by atoms with Crippen molar-refractivity contribution in [3.63, 3.8) is 0 Å². The van der Waals surface area contributed by atoms with E-state index in [0.29, 0.717) is 5.56 Å². The number of aromatic carboxylic acids is 1. The molecular formula is C30H22F3N5O4. The molecule has 9 nitrogen and oxygen atoms in total. The number of ether oxygens (including phenoxy) is 2. The molecule has 5 rings (SSSR count). The van der Waals surface area contributed by atoms with E-state index in [1.54, 1.807) is 24.3 Å². The highest BCUT2D eigenvalue weighted by Gasteiger charge is 2.20. The van der Waals surface area contributed by atoms with Crippen molar-refractivity contribution >= 4 is 17.0 Å². The van der Waals surface area contributed by atoms with Gasteiger partial charge in [-0.05, 0) is 42.0 Å². The quantitative estimate of drug-likeness (QED) is 0.239.